The van der Waals surface area contributed by atoms with Gasteiger partial charge in [0.25, 0.3) is 0 Å². The first-order valence-electron chi connectivity index (χ1n) is 9.39. The molecule has 0 saturated carbocycles. The van der Waals surface area contributed by atoms with Crippen LogP contribution in [0, 0.1) is 5.92 Å². The summed E-state index contributed by atoms with van der Waals surface area (Å²) in [4.78, 5) is 35.6. The minimum absolute atomic E-state index is 0. The molecule has 2 aromatic carbocycles. The summed E-state index contributed by atoms with van der Waals surface area (Å²) < 4.78 is 35.3. The van der Waals surface area contributed by atoms with Crippen molar-refractivity contribution in [3.63, 3.8) is 0 Å². The lowest BCUT2D eigenvalue weighted by Crippen LogP contribution is -2.27. The molecule has 0 fully saturated rings. The first-order valence-corrected chi connectivity index (χ1v) is 10.4. The molecule has 0 bridgehead atoms. The molecule has 1 amide bonds. The number of esters is 1. The summed E-state index contributed by atoms with van der Waals surface area (Å²) in [5, 5.41) is 4.98. The van der Waals surface area contributed by atoms with Crippen LogP contribution < -0.4 is 5.32 Å². The minimum atomic E-state index is -3.11. The lowest BCUT2D eigenvalue weighted by molar-refractivity contribution is -0.156. The van der Waals surface area contributed by atoms with Crippen LogP contribution in [0.3, 0.4) is 0 Å². The third kappa shape index (κ3) is 12.4. The summed E-state index contributed by atoms with van der Waals surface area (Å²) in [6, 6.07) is 13.6. The minimum Gasteiger partial charge on any atom is -0.463 e. The first-order chi connectivity index (χ1) is 14.6. The van der Waals surface area contributed by atoms with E-state index < -0.39 is 28.6 Å². The highest BCUT2D eigenvalue weighted by Crippen LogP contribution is 2.19. The van der Waals surface area contributed by atoms with E-state index in [0.717, 1.165) is 10.8 Å². The Hall–Kier alpha value is -3.18. The van der Waals surface area contributed by atoms with Gasteiger partial charge in [-0.15, -0.1) is 12.6 Å². The molecule has 2 unspecified atom stereocenters. The zero-order valence-electron chi connectivity index (χ0n) is 17.9. The second-order valence-electron chi connectivity index (χ2n) is 6.67. The zero-order chi connectivity index (χ0) is 23.4. The second-order valence-corrected chi connectivity index (χ2v) is 7.08. The number of benzene rings is 2. The van der Waals surface area contributed by atoms with Crippen molar-refractivity contribution < 1.29 is 41.2 Å². The summed E-state index contributed by atoms with van der Waals surface area (Å²) in [6.07, 6.45) is -0.216. The summed E-state index contributed by atoms with van der Waals surface area (Å²) in [5.74, 6) is -1.34. The van der Waals surface area contributed by atoms with Gasteiger partial charge in [-0.25, -0.2) is 4.79 Å². The third-order valence-corrected chi connectivity index (χ3v) is 4.44. The number of fused-ring (bicyclic) bond motifs is 1. The molecule has 0 heterocycles. The highest BCUT2D eigenvalue weighted by Gasteiger charge is 2.20. The van der Waals surface area contributed by atoms with E-state index in [1.54, 1.807) is 6.92 Å². The van der Waals surface area contributed by atoms with Crippen molar-refractivity contribution in [3.8, 4) is 0 Å². The predicted octanol–water partition coefficient (Wildman–Crippen LogP) is 3.13. The standard InChI is InChI=1S/C21H25NO5.CH4.FH.O3S/c1-14(23)18(13-27-21(25)15(2)26-3)9-11-20(24)22-19-10-8-16-6-4-5-7-17(16)12-19;;;1-4(2)3/h4-8,10,12,15,18H,9,11,13H2,1-3H3,(H,22,24);1H4;1H;. The molecule has 2 rings (SSSR count). The summed E-state index contributed by atoms with van der Waals surface area (Å²) in [5.41, 5.74) is 0.707. The molecule has 0 aliphatic rings. The van der Waals surface area contributed by atoms with E-state index in [4.69, 9.17) is 22.1 Å². The molecule has 2 aromatic rings. The molecule has 0 aromatic heterocycles. The number of ketones is 1. The van der Waals surface area contributed by atoms with Crippen LogP contribution in [-0.2, 0) is 34.5 Å². The van der Waals surface area contributed by atoms with Crippen molar-refractivity contribution in [1.82, 2.24) is 0 Å². The van der Waals surface area contributed by atoms with Gasteiger partial charge in [0, 0.05) is 19.2 Å². The molecular weight excluding hydrogens is 457 g/mol. The molecule has 33 heavy (non-hydrogen) atoms. The smallest absolute Gasteiger partial charge is 0.425 e. The first kappa shape index (κ1) is 32.0. The molecule has 0 aliphatic carbocycles. The number of rotatable bonds is 9. The quantitative estimate of drug-likeness (QED) is 0.534. The number of carbonyl (C=O) groups excluding carboxylic acids is 3. The highest BCUT2D eigenvalue weighted by molar-refractivity contribution is 7.59. The number of carbonyl (C=O) groups is 3. The van der Waals surface area contributed by atoms with Gasteiger partial charge in [0.05, 0.1) is 5.92 Å². The number of anilines is 1. The average Bonchev–Trinajstić information content (AvgIpc) is 2.72. The van der Waals surface area contributed by atoms with Crippen molar-refractivity contribution in [1.29, 1.82) is 0 Å². The molecule has 1 N–H and O–H groups in total. The third-order valence-electron chi connectivity index (χ3n) is 4.44. The number of hydrogen-bond acceptors (Lipinski definition) is 8. The SMILES string of the molecule is C.COC(C)C(=O)OCC(CCC(=O)Nc1ccc2ccccc2c1)C(C)=O.F.O=S(=O)=O. The fourth-order valence-corrected chi connectivity index (χ4v) is 2.60. The maximum Gasteiger partial charge on any atom is 0.425 e. The van der Waals surface area contributed by atoms with Crippen LogP contribution in [0.2, 0.25) is 0 Å². The molecule has 184 valence electrons. The Morgan fingerprint density at radius 2 is 1.61 bits per heavy atom. The van der Waals surface area contributed by atoms with Crippen LogP contribution in [0.4, 0.5) is 10.4 Å². The van der Waals surface area contributed by atoms with Gasteiger partial charge in [0.1, 0.15) is 12.4 Å². The normalized spacial score (nSPS) is 11.4. The molecule has 11 heteroatoms. The molecule has 0 spiro atoms. The fraction of sp³-hybridized carbons (Fsp3) is 0.409. The number of hydrogen-bond donors (Lipinski definition) is 1. The van der Waals surface area contributed by atoms with Crippen LogP contribution in [0.15, 0.2) is 42.5 Å². The van der Waals surface area contributed by atoms with Gasteiger partial charge in [0.15, 0.2) is 6.10 Å². The van der Waals surface area contributed by atoms with Crippen molar-refractivity contribution in [2.24, 2.45) is 5.92 Å². The number of amides is 1. The molecule has 0 aliphatic heterocycles. The van der Waals surface area contributed by atoms with Crippen LogP contribution in [-0.4, -0.2) is 50.1 Å². The zero-order valence-corrected chi connectivity index (χ0v) is 18.7. The maximum atomic E-state index is 12.2. The Morgan fingerprint density at radius 3 is 2.15 bits per heavy atom. The van der Waals surface area contributed by atoms with Gasteiger partial charge < -0.3 is 14.8 Å². The number of halogens is 1. The van der Waals surface area contributed by atoms with E-state index in [2.05, 4.69) is 5.32 Å². The molecule has 0 radical (unpaired) electrons. The molecule has 9 nitrogen and oxygen atoms in total. The summed E-state index contributed by atoms with van der Waals surface area (Å²) in [7, 11) is -1.70. The second kappa shape index (κ2) is 16.5. The Labute approximate surface area is 193 Å². The van der Waals surface area contributed by atoms with E-state index in [1.165, 1.54) is 14.0 Å². The lowest BCUT2D eigenvalue weighted by Gasteiger charge is -2.16. The van der Waals surface area contributed by atoms with Crippen molar-refractivity contribution >= 4 is 44.7 Å². The van der Waals surface area contributed by atoms with E-state index in [-0.39, 0.29) is 36.8 Å². The van der Waals surface area contributed by atoms with E-state index >= 15 is 0 Å². The Balaban J connectivity index is 0. The predicted molar refractivity (Wildman–Crippen MR) is 122 cm³/mol. The number of methoxy groups -OCH3 is 1. The van der Waals surface area contributed by atoms with Crippen LogP contribution >= 0.6 is 0 Å². The number of nitrogens with one attached hydrogen (secondary N) is 1. The maximum absolute atomic E-state index is 12.2. The summed E-state index contributed by atoms with van der Waals surface area (Å²) >= 11 is 0. The van der Waals surface area contributed by atoms with Crippen molar-refractivity contribution in [2.75, 3.05) is 19.0 Å². The van der Waals surface area contributed by atoms with Crippen LogP contribution in [0.25, 0.3) is 10.8 Å². The van der Waals surface area contributed by atoms with Crippen molar-refractivity contribution in [3.05, 3.63) is 42.5 Å². The molecular formula is C22H30FNO8S. The van der Waals surface area contributed by atoms with Crippen LogP contribution in [0.5, 0.6) is 0 Å². The number of Topliss-reactive ketones (excluding diaryl/α,β-unsaturated/α-hetero) is 1. The highest BCUT2D eigenvalue weighted by atomic mass is 32.2. The van der Waals surface area contributed by atoms with E-state index in [9.17, 15) is 14.4 Å². The van der Waals surface area contributed by atoms with Gasteiger partial charge in [-0.2, -0.15) is 0 Å². The average molecular weight is 488 g/mol. The topological polar surface area (TPSA) is 133 Å². The fourth-order valence-electron chi connectivity index (χ4n) is 2.60. The largest absolute Gasteiger partial charge is 0.463 e. The van der Waals surface area contributed by atoms with Crippen LogP contribution in [0.1, 0.15) is 34.1 Å². The molecule has 2 atom stereocenters. The number of ether oxygens (including phenoxy) is 2. The molecule has 0 saturated heterocycles. The Bertz CT molecular complexity index is 1020. The van der Waals surface area contributed by atoms with Gasteiger partial charge in [-0.3, -0.25) is 14.3 Å². The Morgan fingerprint density at radius 1 is 1.03 bits per heavy atom. The van der Waals surface area contributed by atoms with E-state index in [0.29, 0.717) is 12.1 Å². The van der Waals surface area contributed by atoms with Gasteiger partial charge in [-0.05, 0) is 43.2 Å². The Kier molecular flexibility index (Phi) is 16.0. The van der Waals surface area contributed by atoms with Gasteiger partial charge >= 0.3 is 16.6 Å². The van der Waals surface area contributed by atoms with Gasteiger partial charge in [0.2, 0.25) is 5.91 Å². The van der Waals surface area contributed by atoms with Crippen molar-refractivity contribution in [2.45, 2.75) is 40.2 Å². The monoisotopic (exact) mass is 487 g/mol. The van der Waals surface area contributed by atoms with Gasteiger partial charge in [-0.1, -0.05) is 37.8 Å². The lowest BCUT2D eigenvalue weighted by atomic mass is 10.00. The summed E-state index contributed by atoms with van der Waals surface area (Å²) in [6.45, 7) is 2.95. The van der Waals surface area contributed by atoms with E-state index in [1.807, 2.05) is 42.5 Å².